The quantitative estimate of drug-likeness (QED) is 0.615. The van der Waals surface area contributed by atoms with E-state index in [4.69, 9.17) is 0 Å². The predicted octanol–water partition coefficient (Wildman–Crippen LogP) is 4.96. The normalized spacial score (nSPS) is 19.3. The summed E-state index contributed by atoms with van der Waals surface area (Å²) in [5.41, 5.74) is 3.71. The van der Waals surface area contributed by atoms with E-state index in [1.807, 2.05) is 28.8 Å². The highest BCUT2D eigenvalue weighted by Crippen LogP contribution is 2.43. The van der Waals surface area contributed by atoms with E-state index in [0.717, 1.165) is 34.0 Å². The lowest BCUT2D eigenvalue weighted by Gasteiger charge is -2.34. The van der Waals surface area contributed by atoms with Gasteiger partial charge in [-0.1, -0.05) is 28.1 Å². The zero-order valence-electron chi connectivity index (χ0n) is 13.8. The summed E-state index contributed by atoms with van der Waals surface area (Å²) in [5.74, 6) is 0.407. The van der Waals surface area contributed by atoms with E-state index < -0.39 is 6.04 Å². The molecular formula is C20H15BrFN3O. The van der Waals surface area contributed by atoms with Gasteiger partial charge in [0, 0.05) is 27.7 Å². The molecule has 0 spiro atoms. The fourth-order valence-electron chi connectivity index (χ4n) is 3.99. The number of nitrogens with one attached hydrogen (secondary N) is 1. The lowest BCUT2D eigenvalue weighted by Crippen LogP contribution is -2.31. The van der Waals surface area contributed by atoms with Gasteiger partial charge in [0.05, 0.1) is 17.1 Å². The highest BCUT2D eigenvalue weighted by atomic mass is 79.9. The van der Waals surface area contributed by atoms with Gasteiger partial charge < -0.3 is 5.32 Å². The largest absolute Gasteiger partial charge is 0.329 e. The van der Waals surface area contributed by atoms with Crippen molar-refractivity contribution < 1.29 is 9.18 Å². The number of aromatic nitrogens is 2. The van der Waals surface area contributed by atoms with Crippen molar-refractivity contribution in [1.82, 2.24) is 9.55 Å². The Hall–Kier alpha value is -2.47. The smallest absolute Gasteiger partial charge is 0.209 e. The van der Waals surface area contributed by atoms with Crippen LogP contribution in [0.4, 0.5) is 10.3 Å². The molecule has 130 valence electrons. The first-order chi connectivity index (χ1) is 12.6. The van der Waals surface area contributed by atoms with Crippen LogP contribution < -0.4 is 5.32 Å². The van der Waals surface area contributed by atoms with Crippen LogP contribution in [0.2, 0.25) is 0 Å². The molecule has 2 aliphatic rings. The third kappa shape index (κ3) is 2.25. The predicted molar refractivity (Wildman–Crippen MR) is 101 cm³/mol. The van der Waals surface area contributed by atoms with Crippen molar-refractivity contribution in [1.29, 1.82) is 0 Å². The number of hydrogen-bond donors (Lipinski definition) is 1. The van der Waals surface area contributed by atoms with Crippen molar-refractivity contribution >= 4 is 38.7 Å². The maximum Gasteiger partial charge on any atom is 0.209 e. The first-order valence-corrected chi connectivity index (χ1v) is 9.38. The first kappa shape index (κ1) is 15.8. The highest BCUT2D eigenvalue weighted by Gasteiger charge is 2.37. The third-order valence-corrected chi connectivity index (χ3v) is 5.59. The fourth-order valence-corrected chi connectivity index (χ4v) is 4.37. The zero-order valence-corrected chi connectivity index (χ0v) is 15.4. The van der Waals surface area contributed by atoms with E-state index >= 15 is 0 Å². The van der Waals surface area contributed by atoms with Gasteiger partial charge in [0.15, 0.2) is 5.78 Å². The summed E-state index contributed by atoms with van der Waals surface area (Å²) >= 11 is 3.44. The summed E-state index contributed by atoms with van der Waals surface area (Å²) < 4.78 is 17.6. The molecule has 2 aromatic carbocycles. The van der Waals surface area contributed by atoms with E-state index in [2.05, 4.69) is 26.2 Å². The van der Waals surface area contributed by atoms with Gasteiger partial charge >= 0.3 is 0 Å². The molecule has 4 nitrogen and oxygen atoms in total. The van der Waals surface area contributed by atoms with Crippen molar-refractivity contribution in [2.24, 2.45) is 0 Å². The van der Waals surface area contributed by atoms with Crippen LogP contribution in [0.1, 0.15) is 30.9 Å². The first-order valence-electron chi connectivity index (χ1n) is 8.58. The van der Waals surface area contributed by atoms with Crippen molar-refractivity contribution in [3.05, 3.63) is 69.6 Å². The number of carbonyl (C=O) groups is 1. The minimum absolute atomic E-state index is 0.0755. The number of fused-ring (bicyclic) bond motifs is 3. The second-order valence-electron chi connectivity index (χ2n) is 6.66. The zero-order chi connectivity index (χ0) is 17.8. The number of hydrogen-bond acceptors (Lipinski definition) is 3. The number of para-hydroxylation sites is 2. The number of nitrogens with zero attached hydrogens (tertiary/aromatic N) is 2. The van der Waals surface area contributed by atoms with Gasteiger partial charge in [-0.2, -0.15) is 0 Å². The maximum atomic E-state index is 14.8. The molecule has 1 aliphatic carbocycles. The molecule has 0 amide bonds. The topological polar surface area (TPSA) is 46.9 Å². The summed E-state index contributed by atoms with van der Waals surface area (Å²) in [7, 11) is 0. The average Bonchev–Trinajstić information content (AvgIpc) is 3.00. The molecule has 1 aliphatic heterocycles. The van der Waals surface area contributed by atoms with Gasteiger partial charge in [0.25, 0.3) is 0 Å². The van der Waals surface area contributed by atoms with Crippen molar-refractivity contribution in [3.8, 4) is 0 Å². The van der Waals surface area contributed by atoms with Gasteiger partial charge in [-0.15, -0.1) is 0 Å². The third-order valence-electron chi connectivity index (χ3n) is 5.10. The Morgan fingerprint density at radius 1 is 1.19 bits per heavy atom. The van der Waals surface area contributed by atoms with Crippen LogP contribution in [0.3, 0.4) is 0 Å². The van der Waals surface area contributed by atoms with Gasteiger partial charge in [-0.25, -0.2) is 9.37 Å². The Morgan fingerprint density at radius 2 is 2.04 bits per heavy atom. The molecule has 0 saturated heterocycles. The van der Waals surface area contributed by atoms with Gasteiger partial charge in [0.1, 0.15) is 5.82 Å². The molecule has 1 unspecified atom stereocenters. The molecule has 0 bridgehead atoms. The van der Waals surface area contributed by atoms with Gasteiger partial charge in [-0.05, 0) is 43.2 Å². The minimum Gasteiger partial charge on any atom is -0.329 e. The number of imidazole rings is 1. The molecule has 5 rings (SSSR count). The molecule has 0 fully saturated rings. The molecule has 1 aromatic heterocycles. The molecule has 0 saturated carbocycles. The Bertz CT molecular complexity index is 1100. The van der Waals surface area contributed by atoms with Crippen LogP contribution in [-0.4, -0.2) is 15.3 Å². The number of allylic oxidation sites excluding steroid dienone is 2. The summed E-state index contributed by atoms with van der Waals surface area (Å²) in [6.07, 6.45) is 2.07. The average molecular weight is 412 g/mol. The monoisotopic (exact) mass is 411 g/mol. The standard InChI is InChI=1S/C20H15BrFN3O/c21-11-8-9-13(22)12(10-11)19-18-15(5-3-7-17(18)26)24-20-23-14-4-1-2-6-16(14)25(19)20/h1-2,4,6,8-10,19H,3,5,7H2,(H,23,24). The molecule has 2 heterocycles. The number of rotatable bonds is 1. The molecule has 1 atom stereocenters. The fraction of sp³-hybridized carbons (Fsp3) is 0.200. The van der Waals surface area contributed by atoms with Crippen LogP contribution in [0.5, 0.6) is 0 Å². The van der Waals surface area contributed by atoms with E-state index in [-0.39, 0.29) is 11.6 Å². The maximum absolute atomic E-state index is 14.8. The molecular weight excluding hydrogens is 397 g/mol. The number of Topliss-reactive ketones (excluding diaryl/α,β-unsaturated/α-hetero) is 1. The van der Waals surface area contributed by atoms with Crippen LogP contribution in [0.25, 0.3) is 11.0 Å². The van der Waals surface area contributed by atoms with Gasteiger partial charge in [-0.3, -0.25) is 9.36 Å². The molecule has 0 radical (unpaired) electrons. The number of anilines is 1. The minimum atomic E-state index is -0.515. The molecule has 1 N–H and O–H groups in total. The van der Waals surface area contributed by atoms with E-state index in [0.29, 0.717) is 23.5 Å². The number of halogens is 2. The number of benzene rings is 2. The van der Waals surface area contributed by atoms with Crippen molar-refractivity contribution in [2.45, 2.75) is 25.3 Å². The lowest BCUT2D eigenvalue weighted by atomic mass is 9.85. The summed E-state index contributed by atoms with van der Waals surface area (Å²) in [6, 6.07) is 12.1. The van der Waals surface area contributed by atoms with Crippen molar-refractivity contribution in [3.63, 3.8) is 0 Å². The lowest BCUT2D eigenvalue weighted by molar-refractivity contribution is -0.116. The Morgan fingerprint density at radius 3 is 2.92 bits per heavy atom. The van der Waals surface area contributed by atoms with Crippen LogP contribution in [0.15, 0.2) is 58.2 Å². The Labute approximate surface area is 157 Å². The molecule has 6 heteroatoms. The molecule has 3 aromatic rings. The summed E-state index contributed by atoms with van der Waals surface area (Å²) in [6.45, 7) is 0. The second kappa shape index (κ2) is 5.77. The van der Waals surface area contributed by atoms with E-state index in [1.54, 1.807) is 12.1 Å². The summed E-state index contributed by atoms with van der Waals surface area (Å²) in [5, 5.41) is 3.33. The van der Waals surface area contributed by atoms with E-state index in [1.165, 1.54) is 6.07 Å². The number of ketones is 1. The Balaban J connectivity index is 1.85. The van der Waals surface area contributed by atoms with E-state index in [9.17, 15) is 9.18 Å². The Kier molecular flexibility index (Phi) is 3.50. The van der Waals surface area contributed by atoms with Crippen LogP contribution >= 0.6 is 15.9 Å². The highest BCUT2D eigenvalue weighted by molar-refractivity contribution is 9.10. The van der Waals surface area contributed by atoms with Crippen LogP contribution in [0, 0.1) is 5.82 Å². The van der Waals surface area contributed by atoms with Crippen LogP contribution in [-0.2, 0) is 4.79 Å². The molecule has 26 heavy (non-hydrogen) atoms. The summed E-state index contributed by atoms with van der Waals surface area (Å²) in [4.78, 5) is 17.5. The van der Waals surface area contributed by atoms with Crippen molar-refractivity contribution in [2.75, 3.05) is 5.32 Å². The SMILES string of the molecule is O=C1CCCC2=C1C(c1cc(Br)ccc1F)n1c(nc3ccccc31)N2. The second-order valence-corrected chi connectivity index (χ2v) is 7.57. The van der Waals surface area contributed by atoms with Gasteiger partial charge in [0.2, 0.25) is 5.95 Å². The number of carbonyl (C=O) groups excluding carboxylic acids is 1.